The van der Waals surface area contributed by atoms with Gasteiger partial charge in [-0.3, -0.25) is 9.59 Å². The van der Waals surface area contributed by atoms with E-state index in [0.29, 0.717) is 57.2 Å². The summed E-state index contributed by atoms with van der Waals surface area (Å²) in [5.74, 6) is -0.760. The topological polar surface area (TPSA) is 84.2 Å². The molecule has 1 aliphatic rings. The fourth-order valence-corrected chi connectivity index (χ4v) is 3.74. The minimum Gasteiger partial charge on any atom is -0.353 e. The molecule has 4 N–H and O–H groups in total. The zero-order chi connectivity index (χ0) is 23.9. The van der Waals surface area contributed by atoms with Crippen LogP contribution in [0.1, 0.15) is 62.5 Å². The van der Waals surface area contributed by atoms with E-state index in [4.69, 9.17) is 5.73 Å². The second-order valence-electron chi connectivity index (χ2n) is 8.08. The Hall–Kier alpha value is -2.30. The fraction of sp³-hybridized carbons (Fsp3) is 0.619. The van der Waals surface area contributed by atoms with Crippen LogP contribution >= 0.6 is 0 Å². The molecule has 5 nitrogen and oxygen atoms in total. The maximum absolute atomic E-state index is 12.9. The Balaban J connectivity index is 1.89. The van der Waals surface area contributed by atoms with Gasteiger partial charge in [0.2, 0.25) is 11.8 Å². The summed E-state index contributed by atoms with van der Waals surface area (Å²) in [5, 5.41) is 5.11. The van der Waals surface area contributed by atoms with Crippen LogP contribution in [-0.2, 0) is 21.9 Å². The number of benzene rings is 1. The van der Waals surface area contributed by atoms with E-state index in [0.717, 1.165) is 6.42 Å². The molecule has 32 heavy (non-hydrogen) atoms. The summed E-state index contributed by atoms with van der Waals surface area (Å²) in [6, 6.07) is 0.993. The van der Waals surface area contributed by atoms with Gasteiger partial charge < -0.3 is 16.4 Å². The van der Waals surface area contributed by atoms with Gasteiger partial charge in [-0.05, 0) is 69.2 Å². The van der Waals surface area contributed by atoms with E-state index < -0.39 is 35.1 Å². The third-order valence-corrected chi connectivity index (χ3v) is 5.42. The summed E-state index contributed by atoms with van der Waals surface area (Å²) in [6.07, 6.45) is -5.54. The number of nitrogens with two attached hydrogens (primary N) is 1. The third kappa shape index (κ3) is 8.33. The number of hydrogen-bond donors (Lipinski definition) is 3. The first-order chi connectivity index (χ1) is 14.9. The highest BCUT2D eigenvalue weighted by Gasteiger charge is 2.37. The predicted molar refractivity (Wildman–Crippen MR) is 106 cm³/mol. The van der Waals surface area contributed by atoms with Gasteiger partial charge in [-0.1, -0.05) is 0 Å². The zero-order valence-electron chi connectivity index (χ0n) is 17.4. The molecule has 1 aromatic carbocycles. The average Bonchev–Trinajstić information content (AvgIpc) is 2.68. The smallest absolute Gasteiger partial charge is 0.353 e. The number of nitrogens with one attached hydrogen (secondary N) is 2. The highest BCUT2D eigenvalue weighted by atomic mass is 19.4. The summed E-state index contributed by atoms with van der Waals surface area (Å²) < 4.78 is 77.7. The van der Waals surface area contributed by atoms with Gasteiger partial charge in [0.25, 0.3) is 0 Å². The van der Waals surface area contributed by atoms with Crippen LogP contribution in [0.15, 0.2) is 18.2 Å². The summed E-state index contributed by atoms with van der Waals surface area (Å²) in [7, 11) is 0. The molecule has 1 fully saturated rings. The van der Waals surface area contributed by atoms with Gasteiger partial charge in [0.1, 0.15) is 0 Å². The monoisotopic (exact) mass is 467 g/mol. The zero-order valence-corrected chi connectivity index (χ0v) is 17.4. The van der Waals surface area contributed by atoms with Crippen LogP contribution in [0.25, 0.3) is 0 Å². The number of amides is 2. The van der Waals surface area contributed by atoms with Crippen LogP contribution in [0.3, 0.4) is 0 Å². The summed E-state index contributed by atoms with van der Waals surface area (Å²) in [4.78, 5) is 24.1. The number of halogens is 6. The molecule has 2 amide bonds. The lowest BCUT2D eigenvalue weighted by molar-refractivity contribution is -0.143. The molecule has 0 saturated heterocycles. The normalized spacial score (nSPS) is 19.5. The molecule has 0 heterocycles. The van der Waals surface area contributed by atoms with E-state index in [9.17, 15) is 35.9 Å². The minimum atomic E-state index is -4.98. The molecule has 1 saturated carbocycles. The molecular formula is C21H27F6N3O2. The maximum atomic E-state index is 12.9. The van der Waals surface area contributed by atoms with Crippen molar-refractivity contribution in [2.24, 2.45) is 11.7 Å². The molecule has 0 unspecified atom stereocenters. The molecule has 11 heteroatoms. The standard InChI is InChI=1S/C21H27F6N3O2/c22-20(23,24)14-10-15(21(25,26)27)12-17(11-14)30-19(32)9-13-4-6-16(7-5-13)29-18(31)3-1-2-8-28/h10-13,16H,1-9,28H2,(H,29,31)(H,30,32). The van der Waals surface area contributed by atoms with E-state index >= 15 is 0 Å². The summed E-state index contributed by atoms with van der Waals surface area (Å²) in [6.45, 7) is 0.526. The minimum absolute atomic E-state index is 0.00232. The lowest BCUT2D eigenvalue weighted by Crippen LogP contribution is -2.38. The highest BCUT2D eigenvalue weighted by molar-refractivity contribution is 5.91. The molecule has 0 atom stereocenters. The lowest BCUT2D eigenvalue weighted by Gasteiger charge is -2.29. The SMILES string of the molecule is NCCCCC(=O)NC1CCC(CC(=O)Nc2cc(C(F)(F)F)cc(C(F)(F)F)c2)CC1. The number of carbonyl (C=O) groups excluding carboxylic acids is 2. The van der Waals surface area contributed by atoms with Crippen molar-refractivity contribution in [3.63, 3.8) is 0 Å². The van der Waals surface area contributed by atoms with Crippen LogP contribution in [0.2, 0.25) is 0 Å². The van der Waals surface area contributed by atoms with Gasteiger partial charge in [-0.25, -0.2) is 0 Å². The number of hydrogen-bond acceptors (Lipinski definition) is 3. The number of unbranched alkanes of at least 4 members (excludes halogenated alkanes) is 1. The molecule has 0 aromatic heterocycles. The summed E-state index contributed by atoms with van der Waals surface area (Å²) >= 11 is 0. The molecule has 2 rings (SSSR count). The van der Waals surface area contributed by atoms with Crippen molar-refractivity contribution in [2.75, 3.05) is 11.9 Å². The van der Waals surface area contributed by atoms with Crippen LogP contribution in [0.5, 0.6) is 0 Å². The van der Waals surface area contributed by atoms with E-state index in [2.05, 4.69) is 10.6 Å². The van der Waals surface area contributed by atoms with E-state index in [1.165, 1.54) is 0 Å². The Morgan fingerprint density at radius 1 is 0.875 bits per heavy atom. The van der Waals surface area contributed by atoms with Crippen molar-refractivity contribution in [2.45, 2.75) is 69.8 Å². The van der Waals surface area contributed by atoms with Crippen molar-refractivity contribution in [1.82, 2.24) is 5.32 Å². The maximum Gasteiger partial charge on any atom is 0.416 e. The number of carbonyl (C=O) groups is 2. The van der Waals surface area contributed by atoms with E-state index in [1.54, 1.807) is 0 Å². The lowest BCUT2D eigenvalue weighted by atomic mass is 9.84. The Morgan fingerprint density at radius 2 is 1.44 bits per heavy atom. The Kier molecular flexibility index (Phi) is 8.94. The van der Waals surface area contributed by atoms with Crippen LogP contribution < -0.4 is 16.4 Å². The first kappa shape index (κ1) is 26.0. The fourth-order valence-electron chi connectivity index (χ4n) is 3.74. The van der Waals surface area contributed by atoms with Crippen molar-refractivity contribution < 1.29 is 35.9 Å². The average molecular weight is 467 g/mol. The van der Waals surface area contributed by atoms with Gasteiger partial charge >= 0.3 is 12.4 Å². The van der Waals surface area contributed by atoms with E-state index in [1.807, 2.05) is 0 Å². The first-order valence-corrected chi connectivity index (χ1v) is 10.5. The van der Waals surface area contributed by atoms with Gasteiger partial charge in [0, 0.05) is 24.6 Å². The van der Waals surface area contributed by atoms with Crippen molar-refractivity contribution >= 4 is 17.5 Å². The Bertz CT molecular complexity index is 754. The predicted octanol–water partition coefficient (Wildman–Crippen LogP) is 4.86. The van der Waals surface area contributed by atoms with E-state index in [-0.39, 0.29) is 30.4 Å². The quantitative estimate of drug-likeness (QED) is 0.377. The van der Waals surface area contributed by atoms with Crippen LogP contribution in [0.4, 0.5) is 32.0 Å². The van der Waals surface area contributed by atoms with Crippen LogP contribution in [0, 0.1) is 5.92 Å². The largest absolute Gasteiger partial charge is 0.416 e. The van der Waals surface area contributed by atoms with Crippen molar-refractivity contribution in [1.29, 1.82) is 0 Å². The molecule has 0 bridgehead atoms. The van der Waals surface area contributed by atoms with Crippen molar-refractivity contribution in [3.05, 3.63) is 29.3 Å². The second-order valence-corrected chi connectivity index (χ2v) is 8.08. The van der Waals surface area contributed by atoms with Crippen LogP contribution in [-0.4, -0.2) is 24.4 Å². The molecule has 0 spiro atoms. The first-order valence-electron chi connectivity index (χ1n) is 10.5. The molecule has 180 valence electrons. The Labute approximate surface area is 182 Å². The number of alkyl halides is 6. The molecule has 1 aliphatic carbocycles. The van der Waals surface area contributed by atoms with Gasteiger partial charge in [0.05, 0.1) is 11.1 Å². The molecule has 0 radical (unpaired) electrons. The van der Waals surface area contributed by atoms with Crippen molar-refractivity contribution in [3.8, 4) is 0 Å². The molecular weight excluding hydrogens is 440 g/mol. The summed E-state index contributed by atoms with van der Waals surface area (Å²) in [5.41, 5.74) is 1.88. The Morgan fingerprint density at radius 3 is 1.94 bits per heavy atom. The number of rotatable bonds is 8. The number of anilines is 1. The molecule has 1 aromatic rings. The molecule has 0 aliphatic heterocycles. The highest BCUT2D eigenvalue weighted by Crippen LogP contribution is 2.37. The van der Waals surface area contributed by atoms with Gasteiger partial charge in [-0.15, -0.1) is 0 Å². The second kappa shape index (κ2) is 11.0. The third-order valence-electron chi connectivity index (χ3n) is 5.42. The van der Waals surface area contributed by atoms with Gasteiger partial charge in [-0.2, -0.15) is 26.3 Å². The van der Waals surface area contributed by atoms with Gasteiger partial charge in [0.15, 0.2) is 0 Å².